The van der Waals surface area contributed by atoms with Gasteiger partial charge >= 0.3 is 0 Å². The highest BCUT2D eigenvalue weighted by Crippen LogP contribution is 2.41. The van der Waals surface area contributed by atoms with Crippen molar-refractivity contribution in [3.63, 3.8) is 0 Å². The van der Waals surface area contributed by atoms with Crippen LogP contribution in [0.2, 0.25) is 0 Å². The van der Waals surface area contributed by atoms with E-state index in [2.05, 4.69) is 15.3 Å². The van der Waals surface area contributed by atoms with Crippen LogP contribution in [0.3, 0.4) is 0 Å². The number of guanidine groups is 1. The summed E-state index contributed by atoms with van der Waals surface area (Å²) < 4.78 is 19.2. The first-order valence-electron chi connectivity index (χ1n) is 8.69. The van der Waals surface area contributed by atoms with E-state index in [-0.39, 0.29) is 47.9 Å². The average Bonchev–Trinajstić information content (AvgIpc) is 3.25. The van der Waals surface area contributed by atoms with Crippen LogP contribution in [-0.2, 0) is 11.3 Å². The summed E-state index contributed by atoms with van der Waals surface area (Å²) in [6.45, 7) is 2.65. The average molecular weight is 504 g/mol. The maximum atomic E-state index is 13.9. The first-order valence-corrected chi connectivity index (χ1v) is 9.57. The molecule has 8 heteroatoms. The van der Waals surface area contributed by atoms with Crippen LogP contribution in [0.1, 0.15) is 41.6 Å². The summed E-state index contributed by atoms with van der Waals surface area (Å²) in [5.41, 5.74) is 1.77. The highest BCUT2D eigenvalue weighted by molar-refractivity contribution is 14.0. The van der Waals surface area contributed by atoms with Crippen molar-refractivity contribution in [3.05, 3.63) is 51.7 Å². The number of benzene rings is 1. The number of methoxy groups -OCH3 is 1. The summed E-state index contributed by atoms with van der Waals surface area (Å²) in [5, 5.41) is 6.46. The minimum absolute atomic E-state index is 0. The SMILES string of the molecule is CN=C(NC1CC1c1ccccc1F)N(C)Cc1csc(C(C)OC)n1.I. The fourth-order valence-corrected chi connectivity index (χ4v) is 3.83. The van der Waals surface area contributed by atoms with Crippen LogP contribution < -0.4 is 5.32 Å². The Morgan fingerprint density at radius 2 is 2.22 bits per heavy atom. The topological polar surface area (TPSA) is 49.8 Å². The standard InChI is InChI=1S/C19H25FN4OS.HI/c1-12(25-4)18-22-13(11-26-18)10-24(3)19(21-2)23-17-9-15(17)14-7-5-6-8-16(14)20;/h5-8,11-12,15,17H,9-10H2,1-4H3,(H,21,23);1H. The number of rotatable bonds is 6. The van der Waals surface area contributed by atoms with Crippen LogP contribution >= 0.6 is 35.3 Å². The largest absolute Gasteiger partial charge is 0.375 e. The number of aromatic nitrogens is 1. The molecule has 1 aliphatic rings. The van der Waals surface area contributed by atoms with Gasteiger partial charge in [0.15, 0.2) is 5.96 Å². The van der Waals surface area contributed by atoms with Gasteiger partial charge in [-0.3, -0.25) is 4.99 Å². The Kier molecular flexibility index (Phi) is 7.99. The number of nitrogens with zero attached hydrogens (tertiary/aromatic N) is 3. The van der Waals surface area contributed by atoms with Crippen LogP contribution in [0.5, 0.6) is 0 Å². The van der Waals surface area contributed by atoms with Crippen molar-refractivity contribution < 1.29 is 9.13 Å². The lowest BCUT2D eigenvalue weighted by Crippen LogP contribution is -2.40. The van der Waals surface area contributed by atoms with Crippen molar-refractivity contribution in [1.29, 1.82) is 0 Å². The molecule has 1 aromatic carbocycles. The van der Waals surface area contributed by atoms with Gasteiger partial charge in [0.25, 0.3) is 0 Å². The monoisotopic (exact) mass is 504 g/mol. The van der Waals surface area contributed by atoms with Crippen molar-refractivity contribution in [1.82, 2.24) is 15.2 Å². The number of nitrogens with one attached hydrogen (secondary N) is 1. The zero-order chi connectivity index (χ0) is 18.7. The Hall–Kier alpha value is -1.26. The predicted octanol–water partition coefficient (Wildman–Crippen LogP) is 4.17. The number of hydrogen-bond acceptors (Lipinski definition) is 4. The van der Waals surface area contributed by atoms with Crippen molar-refractivity contribution in [2.75, 3.05) is 21.2 Å². The zero-order valence-electron chi connectivity index (χ0n) is 16.0. The van der Waals surface area contributed by atoms with Gasteiger partial charge in [0, 0.05) is 38.5 Å². The molecular weight excluding hydrogens is 478 g/mol. The molecule has 0 radical (unpaired) electrons. The lowest BCUT2D eigenvalue weighted by molar-refractivity contribution is 0.119. The second-order valence-corrected chi connectivity index (χ2v) is 7.46. The van der Waals surface area contributed by atoms with Gasteiger partial charge < -0.3 is 15.0 Å². The number of aliphatic imine (C=N–C) groups is 1. The lowest BCUT2D eigenvalue weighted by Gasteiger charge is -2.21. The van der Waals surface area contributed by atoms with Gasteiger partial charge in [-0.15, -0.1) is 35.3 Å². The third-order valence-corrected chi connectivity index (χ3v) is 5.71. The van der Waals surface area contributed by atoms with E-state index in [1.807, 2.05) is 36.4 Å². The van der Waals surface area contributed by atoms with E-state index in [1.54, 1.807) is 31.6 Å². The Balaban J connectivity index is 0.00000261. The second kappa shape index (κ2) is 9.79. The number of halogens is 2. The first-order chi connectivity index (χ1) is 12.5. The van der Waals surface area contributed by atoms with Crippen molar-refractivity contribution in [3.8, 4) is 0 Å². The van der Waals surface area contributed by atoms with Gasteiger partial charge in [-0.2, -0.15) is 0 Å². The van der Waals surface area contributed by atoms with Crippen LogP contribution in [0.25, 0.3) is 0 Å². The highest BCUT2D eigenvalue weighted by Gasteiger charge is 2.40. The van der Waals surface area contributed by atoms with Crippen molar-refractivity contribution in [2.45, 2.75) is 38.0 Å². The molecule has 0 spiro atoms. The van der Waals surface area contributed by atoms with Gasteiger partial charge in [-0.1, -0.05) is 18.2 Å². The maximum absolute atomic E-state index is 13.9. The minimum Gasteiger partial charge on any atom is -0.375 e. The van der Waals surface area contributed by atoms with Crippen molar-refractivity contribution in [2.24, 2.45) is 4.99 Å². The van der Waals surface area contributed by atoms with E-state index >= 15 is 0 Å². The van der Waals surface area contributed by atoms with E-state index in [4.69, 9.17) is 4.74 Å². The number of ether oxygens (including phenoxy) is 1. The Bertz CT molecular complexity index is 785. The molecule has 27 heavy (non-hydrogen) atoms. The Labute approximate surface area is 181 Å². The van der Waals surface area contributed by atoms with Gasteiger partial charge in [0.1, 0.15) is 16.9 Å². The predicted molar refractivity (Wildman–Crippen MR) is 118 cm³/mol. The van der Waals surface area contributed by atoms with E-state index < -0.39 is 0 Å². The third-order valence-electron chi connectivity index (χ3n) is 4.65. The third kappa shape index (κ3) is 5.39. The summed E-state index contributed by atoms with van der Waals surface area (Å²) >= 11 is 1.60. The zero-order valence-corrected chi connectivity index (χ0v) is 19.1. The van der Waals surface area contributed by atoms with E-state index in [9.17, 15) is 4.39 Å². The fraction of sp³-hybridized carbons (Fsp3) is 0.474. The molecule has 1 aromatic heterocycles. The summed E-state index contributed by atoms with van der Waals surface area (Å²) in [4.78, 5) is 11.0. The van der Waals surface area contributed by atoms with Gasteiger partial charge in [-0.05, 0) is 25.0 Å². The number of thiazole rings is 1. The van der Waals surface area contributed by atoms with Gasteiger partial charge in [0.2, 0.25) is 0 Å². The molecule has 1 heterocycles. The quantitative estimate of drug-likeness (QED) is 0.365. The molecule has 148 valence electrons. The molecule has 3 unspecified atom stereocenters. The Morgan fingerprint density at radius 3 is 2.89 bits per heavy atom. The Morgan fingerprint density at radius 1 is 1.48 bits per heavy atom. The van der Waals surface area contributed by atoms with E-state index in [1.165, 1.54) is 6.07 Å². The summed E-state index contributed by atoms with van der Waals surface area (Å²) in [6, 6.07) is 7.21. The maximum Gasteiger partial charge on any atom is 0.193 e. The second-order valence-electron chi connectivity index (χ2n) is 6.57. The van der Waals surface area contributed by atoms with Gasteiger partial charge in [-0.25, -0.2) is 9.37 Å². The van der Waals surface area contributed by atoms with Crippen molar-refractivity contribution >= 4 is 41.3 Å². The fourth-order valence-electron chi connectivity index (χ4n) is 2.99. The molecule has 0 aliphatic heterocycles. The minimum atomic E-state index is -0.132. The van der Waals surface area contributed by atoms with Crippen LogP contribution in [0, 0.1) is 5.82 Å². The molecule has 1 aliphatic carbocycles. The summed E-state index contributed by atoms with van der Waals surface area (Å²) in [7, 11) is 5.43. The van der Waals surface area contributed by atoms with Crippen LogP contribution in [0.4, 0.5) is 4.39 Å². The smallest absolute Gasteiger partial charge is 0.193 e. The van der Waals surface area contributed by atoms with Gasteiger partial charge in [0.05, 0.1) is 12.2 Å². The molecule has 5 nitrogen and oxygen atoms in total. The van der Waals surface area contributed by atoms with Crippen LogP contribution in [-0.4, -0.2) is 43.1 Å². The molecule has 2 aromatic rings. The molecular formula is C19H26FIN4OS. The molecule has 1 fully saturated rings. The van der Waals surface area contributed by atoms with Crippen LogP contribution in [0.15, 0.2) is 34.6 Å². The summed E-state index contributed by atoms with van der Waals surface area (Å²) in [6.07, 6.45) is 0.921. The molecule has 3 rings (SSSR count). The lowest BCUT2D eigenvalue weighted by atomic mass is 10.1. The molecule has 0 saturated heterocycles. The molecule has 0 bridgehead atoms. The molecule has 3 atom stereocenters. The molecule has 1 N–H and O–H groups in total. The normalized spacial score (nSPS) is 20.0. The first kappa shape index (κ1) is 22.0. The van der Waals surface area contributed by atoms with E-state index in [0.717, 1.165) is 28.6 Å². The molecule has 0 amide bonds. The molecule has 1 saturated carbocycles. The summed E-state index contributed by atoms with van der Waals surface area (Å²) in [5.74, 6) is 0.866. The highest BCUT2D eigenvalue weighted by atomic mass is 127. The van der Waals surface area contributed by atoms with E-state index in [0.29, 0.717) is 6.54 Å². The number of hydrogen-bond donors (Lipinski definition) is 1.